The summed E-state index contributed by atoms with van der Waals surface area (Å²) in [5, 5.41) is 6.23. The lowest BCUT2D eigenvalue weighted by molar-refractivity contribution is -0.136. The van der Waals surface area contributed by atoms with Gasteiger partial charge in [-0.25, -0.2) is 4.98 Å². The summed E-state index contributed by atoms with van der Waals surface area (Å²) in [6.07, 6.45) is -2.88. The van der Waals surface area contributed by atoms with Gasteiger partial charge in [-0.3, -0.25) is 0 Å². The number of para-hydroxylation sites is 1. The van der Waals surface area contributed by atoms with Crippen LogP contribution in [0.2, 0.25) is 0 Å². The Bertz CT molecular complexity index is 906. The molecule has 0 saturated heterocycles. The average Bonchev–Trinajstić information content (AvgIpc) is 2.62. The van der Waals surface area contributed by atoms with Crippen molar-refractivity contribution in [2.24, 2.45) is 0 Å². The number of hydrogen-bond donors (Lipinski definition) is 2. The molecule has 0 aliphatic rings. The minimum Gasteiger partial charge on any atom is -0.382 e. The molecule has 0 atom stereocenters. The Morgan fingerprint density at radius 3 is 2.19 bits per heavy atom. The van der Waals surface area contributed by atoms with Gasteiger partial charge in [0, 0.05) is 23.5 Å². The van der Waals surface area contributed by atoms with Crippen LogP contribution in [0.15, 0.2) is 66.9 Å². The van der Waals surface area contributed by atoms with Crippen molar-refractivity contribution in [1.82, 2.24) is 4.98 Å². The molecule has 0 saturated carbocycles. The second kappa shape index (κ2) is 7.70. The number of aromatic nitrogens is 1. The van der Waals surface area contributed by atoms with E-state index < -0.39 is 11.7 Å². The molecule has 0 unspecified atom stereocenters. The Labute approximate surface area is 156 Å². The third kappa shape index (κ3) is 4.39. The third-order valence-electron chi connectivity index (χ3n) is 3.94. The lowest BCUT2D eigenvalue weighted by Gasteiger charge is -2.20. The highest BCUT2D eigenvalue weighted by molar-refractivity contribution is 5.88. The molecule has 3 aromatic rings. The normalized spacial score (nSPS) is 11.5. The summed E-state index contributed by atoms with van der Waals surface area (Å²) in [5.74, 6) is 0.364. The summed E-state index contributed by atoms with van der Waals surface area (Å²) in [5.41, 5.74) is 1.63. The number of anilines is 3. The highest BCUT2D eigenvalue weighted by atomic mass is 19.4. The molecule has 140 valence electrons. The van der Waals surface area contributed by atoms with Gasteiger partial charge in [0.05, 0.1) is 11.3 Å². The Morgan fingerprint density at radius 2 is 1.52 bits per heavy atom. The molecule has 3 nitrogen and oxygen atoms in total. The first-order chi connectivity index (χ1) is 12.9. The van der Waals surface area contributed by atoms with E-state index in [0.29, 0.717) is 5.82 Å². The van der Waals surface area contributed by atoms with Crippen LogP contribution >= 0.6 is 0 Å². The summed E-state index contributed by atoms with van der Waals surface area (Å²) in [7, 11) is 0. The van der Waals surface area contributed by atoms with Crippen LogP contribution in [0, 0.1) is 0 Å². The number of halogens is 3. The zero-order chi connectivity index (χ0) is 19.4. The van der Waals surface area contributed by atoms with Crippen LogP contribution in [0.3, 0.4) is 0 Å². The fraction of sp³-hybridized carbons (Fsp3) is 0.190. The number of nitrogens with zero attached hydrogens (tertiary/aromatic N) is 1. The van der Waals surface area contributed by atoms with Gasteiger partial charge in [-0.05, 0) is 37.6 Å². The second-order valence-corrected chi connectivity index (χ2v) is 6.42. The number of benzene rings is 2. The molecule has 0 aliphatic carbocycles. The molecule has 0 spiro atoms. The van der Waals surface area contributed by atoms with Gasteiger partial charge in [0.15, 0.2) is 0 Å². The molecule has 6 heteroatoms. The molecule has 2 N–H and O–H groups in total. The number of rotatable bonds is 5. The van der Waals surface area contributed by atoms with Crippen LogP contribution in [0.4, 0.5) is 30.4 Å². The molecule has 0 radical (unpaired) electrons. The Morgan fingerprint density at radius 1 is 0.852 bits per heavy atom. The zero-order valence-electron chi connectivity index (χ0n) is 15.0. The van der Waals surface area contributed by atoms with E-state index in [0.717, 1.165) is 22.9 Å². The van der Waals surface area contributed by atoms with Crippen molar-refractivity contribution < 1.29 is 13.2 Å². The SMILES string of the molecule is CC(C)Nc1ccnc(Nc2ccccc2C(F)(F)F)c1-c1ccccc1. The molecular formula is C21H20F3N3. The van der Waals surface area contributed by atoms with Gasteiger partial charge < -0.3 is 10.6 Å². The summed E-state index contributed by atoms with van der Waals surface area (Å²) in [4.78, 5) is 4.32. The topological polar surface area (TPSA) is 37.0 Å². The first kappa shape index (κ1) is 18.8. The first-order valence-electron chi connectivity index (χ1n) is 8.60. The van der Waals surface area contributed by atoms with Gasteiger partial charge in [0.1, 0.15) is 5.82 Å². The van der Waals surface area contributed by atoms with Crippen molar-refractivity contribution in [2.45, 2.75) is 26.1 Å². The van der Waals surface area contributed by atoms with Crippen LogP contribution in [0.1, 0.15) is 19.4 Å². The van der Waals surface area contributed by atoms with Gasteiger partial charge >= 0.3 is 6.18 Å². The predicted octanol–water partition coefficient (Wildman–Crippen LogP) is 6.33. The monoisotopic (exact) mass is 371 g/mol. The number of pyridine rings is 1. The Hall–Kier alpha value is -3.02. The van der Waals surface area contributed by atoms with E-state index in [9.17, 15) is 13.2 Å². The van der Waals surface area contributed by atoms with Crippen molar-refractivity contribution in [3.63, 3.8) is 0 Å². The maximum absolute atomic E-state index is 13.4. The molecule has 0 aliphatic heterocycles. The average molecular weight is 371 g/mol. The van der Waals surface area contributed by atoms with E-state index in [4.69, 9.17) is 0 Å². The van der Waals surface area contributed by atoms with Gasteiger partial charge in [0.2, 0.25) is 0 Å². The van der Waals surface area contributed by atoms with Crippen LogP contribution < -0.4 is 10.6 Å². The van der Waals surface area contributed by atoms with Crippen molar-refractivity contribution in [3.05, 3.63) is 72.4 Å². The molecule has 0 fully saturated rings. The lowest BCUT2D eigenvalue weighted by Crippen LogP contribution is -2.12. The van der Waals surface area contributed by atoms with E-state index in [1.165, 1.54) is 12.1 Å². The molecule has 0 bridgehead atoms. The van der Waals surface area contributed by atoms with Crippen LogP contribution in [0.5, 0.6) is 0 Å². The highest BCUT2D eigenvalue weighted by Crippen LogP contribution is 2.39. The molecule has 1 heterocycles. The van der Waals surface area contributed by atoms with Gasteiger partial charge in [-0.15, -0.1) is 0 Å². The van der Waals surface area contributed by atoms with E-state index in [-0.39, 0.29) is 11.7 Å². The van der Waals surface area contributed by atoms with Crippen molar-refractivity contribution in [3.8, 4) is 11.1 Å². The minimum absolute atomic E-state index is 0.0311. The van der Waals surface area contributed by atoms with Gasteiger partial charge in [-0.1, -0.05) is 42.5 Å². The predicted molar refractivity (Wildman–Crippen MR) is 103 cm³/mol. The van der Waals surface area contributed by atoms with Crippen LogP contribution in [0.25, 0.3) is 11.1 Å². The summed E-state index contributed by atoms with van der Waals surface area (Å²) in [6, 6.07) is 16.8. The maximum atomic E-state index is 13.4. The second-order valence-electron chi connectivity index (χ2n) is 6.42. The smallest absolute Gasteiger partial charge is 0.382 e. The molecule has 1 aromatic heterocycles. The van der Waals surface area contributed by atoms with Crippen LogP contribution in [-0.2, 0) is 6.18 Å². The zero-order valence-corrected chi connectivity index (χ0v) is 15.0. The van der Waals surface area contributed by atoms with Crippen LogP contribution in [-0.4, -0.2) is 11.0 Å². The van der Waals surface area contributed by atoms with E-state index in [1.807, 2.05) is 50.2 Å². The lowest BCUT2D eigenvalue weighted by atomic mass is 10.0. The Balaban J connectivity index is 2.12. The maximum Gasteiger partial charge on any atom is 0.418 e. The third-order valence-corrected chi connectivity index (χ3v) is 3.94. The summed E-state index contributed by atoms with van der Waals surface area (Å²) >= 11 is 0. The van der Waals surface area contributed by atoms with E-state index in [1.54, 1.807) is 12.3 Å². The highest BCUT2D eigenvalue weighted by Gasteiger charge is 2.33. The van der Waals surface area contributed by atoms with Gasteiger partial charge in [-0.2, -0.15) is 13.2 Å². The molecule has 2 aromatic carbocycles. The van der Waals surface area contributed by atoms with Crippen molar-refractivity contribution in [1.29, 1.82) is 0 Å². The standard InChI is InChI=1S/C21H20F3N3/c1-14(2)26-18-12-13-25-20(19(18)15-8-4-3-5-9-15)27-17-11-7-6-10-16(17)21(22,23)24/h3-14H,1-2H3,(H2,25,26,27). The quantitative estimate of drug-likeness (QED) is 0.550. The van der Waals surface area contributed by atoms with E-state index >= 15 is 0 Å². The molecule has 3 rings (SSSR count). The number of alkyl halides is 3. The summed E-state index contributed by atoms with van der Waals surface area (Å²) in [6.45, 7) is 4.00. The molecule has 27 heavy (non-hydrogen) atoms. The minimum atomic E-state index is -4.45. The fourth-order valence-electron chi connectivity index (χ4n) is 2.85. The van der Waals surface area contributed by atoms with Crippen molar-refractivity contribution >= 4 is 17.2 Å². The fourth-order valence-corrected chi connectivity index (χ4v) is 2.85. The Kier molecular flexibility index (Phi) is 5.35. The first-order valence-corrected chi connectivity index (χ1v) is 8.60. The van der Waals surface area contributed by atoms with Gasteiger partial charge in [0.25, 0.3) is 0 Å². The number of hydrogen-bond acceptors (Lipinski definition) is 3. The summed E-state index contributed by atoms with van der Waals surface area (Å²) < 4.78 is 40.1. The van der Waals surface area contributed by atoms with E-state index in [2.05, 4.69) is 15.6 Å². The number of nitrogens with one attached hydrogen (secondary N) is 2. The molecular weight excluding hydrogens is 351 g/mol. The van der Waals surface area contributed by atoms with Crippen molar-refractivity contribution in [2.75, 3.05) is 10.6 Å². The largest absolute Gasteiger partial charge is 0.418 e. The molecule has 0 amide bonds.